The van der Waals surface area contributed by atoms with Crippen LogP contribution in [-0.2, 0) is 4.74 Å². The van der Waals surface area contributed by atoms with Crippen LogP contribution >= 0.6 is 0 Å². The molecule has 172 valence electrons. The van der Waals surface area contributed by atoms with Gasteiger partial charge < -0.3 is 9.15 Å². The monoisotopic (exact) mass is 468 g/mol. The van der Waals surface area contributed by atoms with Crippen LogP contribution in [0.15, 0.2) is 119 Å². The van der Waals surface area contributed by atoms with Gasteiger partial charge in [0.15, 0.2) is 5.82 Å². The Hall–Kier alpha value is -4.97. The zero-order valence-corrected chi connectivity index (χ0v) is 19.1. The highest BCUT2D eigenvalue weighted by Gasteiger charge is 2.25. The molecule has 6 heteroatoms. The van der Waals surface area contributed by atoms with E-state index in [9.17, 15) is 0 Å². The zero-order valence-electron chi connectivity index (χ0n) is 19.1. The number of aromatic nitrogens is 2. The number of ether oxygens (including phenoxy) is 1. The van der Waals surface area contributed by atoms with Crippen molar-refractivity contribution in [2.24, 2.45) is 5.10 Å². The summed E-state index contributed by atoms with van der Waals surface area (Å²) in [5.74, 6) is 1.15. The average molecular weight is 469 g/mol. The molecule has 1 atom stereocenters. The van der Waals surface area contributed by atoms with E-state index in [1.807, 2.05) is 91.0 Å². The Kier molecular flexibility index (Phi) is 4.74. The summed E-state index contributed by atoms with van der Waals surface area (Å²) in [5.41, 5.74) is 9.00. The smallest absolute Gasteiger partial charge is 0.240 e. The minimum Gasteiger partial charge on any atom is -0.456 e. The van der Waals surface area contributed by atoms with Gasteiger partial charge in [-0.2, -0.15) is 0 Å². The van der Waals surface area contributed by atoms with Crippen LogP contribution in [0, 0.1) is 0 Å². The minimum absolute atomic E-state index is 0.528. The molecule has 1 N–H and O–H groups in total. The highest BCUT2D eigenvalue weighted by Crippen LogP contribution is 2.33. The molecule has 36 heavy (non-hydrogen) atoms. The van der Waals surface area contributed by atoms with Gasteiger partial charge >= 0.3 is 0 Å². The van der Waals surface area contributed by atoms with E-state index < -0.39 is 6.23 Å². The fourth-order valence-electron chi connectivity index (χ4n) is 4.47. The van der Waals surface area contributed by atoms with Crippen molar-refractivity contribution in [3.63, 3.8) is 0 Å². The summed E-state index contributed by atoms with van der Waals surface area (Å²) in [6.07, 6.45) is -0.528. The van der Waals surface area contributed by atoms with Gasteiger partial charge in [0, 0.05) is 27.5 Å². The van der Waals surface area contributed by atoms with Crippen LogP contribution in [0.3, 0.4) is 0 Å². The van der Waals surface area contributed by atoms with Gasteiger partial charge in [-0.25, -0.2) is 9.97 Å². The number of rotatable bonds is 4. The maximum absolute atomic E-state index is 6.16. The molecule has 2 aromatic heterocycles. The first-order chi connectivity index (χ1) is 17.8. The third kappa shape index (κ3) is 3.56. The second kappa shape index (κ2) is 8.36. The number of nitrogens with zero attached hydrogens (tertiary/aromatic N) is 3. The van der Waals surface area contributed by atoms with Crippen LogP contribution in [0.1, 0.15) is 17.5 Å². The third-order valence-corrected chi connectivity index (χ3v) is 6.25. The minimum atomic E-state index is -0.528. The molecule has 0 aliphatic carbocycles. The molecule has 0 amide bonds. The number of nitrogens with one attached hydrogen (secondary N) is 1. The van der Waals surface area contributed by atoms with Crippen LogP contribution < -0.4 is 5.43 Å². The largest absolute Gasteiger partial charge is 0.456 e. The first-order valence-corrected chi connectivity index (χ1v) is 11.7. The Morgan fingerprint density at radius 2 is 1.33 bits per heavy atom. The number of furan rings is 1. The van der Waals surface area contributed by atoms with Crippen LogP contribution in [-0.4, -0.2) is 15.9 Å². The Morgan fingerprint density at radius 1 is 0.611 bits per heavy atom. The summed E-state index contributed by atoms with van der Waals surface area (Å²) in [7, 11) is 0. The van der Waals surface area contributed by atoms with Gasteiger partial charge in [0.1, 0.15) is 16.9 Å². The lowest BCUT2D eigenvalue weighted by Crippen LogP contribution is -2.15. The Bertz CT molecular complexity index is 1740. The number of fused-ring (bicyclic) bond motifs is 3. The summed E-state index contributed by atoms with van der Waals surface area (Å²) >= 11 is 0. The van der Waals surface area contributed by atoms with Crippen molar-refractivity contribution in [3.8, 4) is 22.6 Å². The number of benzene rings is 4. The molecule has 1 aliphatic rings. The first-order valence-electron chi connectivity index (χ1n) is 11.7. The van der Waals surface area contributed by atoms with Gasteiger partial charge in [-0.05, 0) is 36.4 Å². The number of hydrazone groups is 1. The van der Waals surface area contributed by atoms with E-state index in [1.54, 1.807) is 0 Å². The molecule has 6 nitrogen and oxygen atoms in total. The number of hydrogen-bond donors (Lipinski definition) is 1. The Morgan fingerprint density at radius 3 is 2.17 bits per heavy atom. The van der Waals surface area contributed by atoms with E-state index in [2.05, 4.69) is 28.7 Å². The molecule has 0 saturated carbocycles. The Labute approximate surface area is 206 Å². The van der Waals surface area contributed by atoms with Crippen LogP contribution in [0.2, 0.25) is 0 Å². The van der Waals surface area contributed by atoms with Crippen molar-refractivity contribution in [2.75, 3.05) is 0 Å². The molecule has 0 fully saturated rings. The number of hydrogen-bond acceptors (Lipinski definition) is 6. The third-order valence-electron chi connectivity index (χ3n) is 6.25. The predicted molar refractivity (Wildman–Crippen MR) is 140 cm³/mol. The zero-order chi connectivity index (χ0) is 23.9. The summed E-state index contributed by atoms with van der Waals surface area (Å²) in [4.78, 5) is 9.75. The lowest BCUT2D eigenvalue weighted by Gasteiger charge is -2.14. The number of para-hydroxylation sites is 1. The van der Waals surface area contributed by atoms with Gasteiger partial charge in [0.2, 0.25) is 12.1 Å². The molecular weight excluding hydrogens is 448 g/mol. The van der Waals surface area contributed by atoms with Crippen molar-refractivity contribution >= 4 is 27.8 Å². The van der Waals surface area contributed by atoms with Gasteiger partial charge in [0.05, 0.1) is 5.69 Å². The van der Waals surface area contributed by atoms with Crippen LogP contribution in [0.5, 0.6) is 0 Å². The molecule has 0 saturated heterocycles. The average Bonchev–Trinajstić information content (AvgIpc) is 3.59. The quantitative estimate of drug-likeness (QED) is 0.312. The maximum atomic E-state index is 6.16. The lowest BCUT2D eigenvalue weighted by atomic mass is 10.1. The SMILES string of the molecule is c1ccc(C2=NNC(c3cc(-c4ccc5c(c4)oc4ccccc45)nc(-c4ccccc4)n3)O2)cc1. The molecule has 1 aliphatic heterocycles. The van der Waals surface area contributed by atoms with E-state index in [1.165, 1.54) is 0 Å². The van der Waals surface area contributed by atoms with E-state index >= 15 is 0 Å². The Balaban J connectivity index is 1.32. The van der Waals surface area contributed by atoms with Crippen LogP contribution in [0.4, 0.5) is 0 Å². The van der Waals surface area contributed by atoms with Gasteiger partial charge in [-0.3, -0.25) is 5.43 Å². The van der Waals surface area contributed by atoms with Crippen molar-refractivity contribution in [1.82, 2.24) is 15.4 Å². The second-order valence-electron chi connectivity index (χ2n) is 8.59. The molecule has 0 spiro atoms. The topological polar surface area (TPSA) is 72.5 Å². The molecule has 4 aromatic carbocycles. The van der Waals surface area contributed by atoms with Crippen LogP contribution in [0.25, 0.3) is 44.6 Å². The second-order valence-corrected chi connectivity index (χ2v) is 8.59. The highest BCUT2D eigenvalue weighted by molar-refractivity contribution is 6.05. The standard InChI is InChI=1S/C30H20N4O2/c1-3-9-19(10-4-1)28-31-24(21-15-16-23-22-13-7-8-14-26(22)35-27(23)17-21)18-25(32-28)30-34-33-29(36-30)20-11-5-2-6-12-20/h1-18,30,34H. The normalized spacial score (nSPS) is 15.0. The molecule has 0 radical (unpaired) electrons. The van der Waals surface area contributed by atoms with Crippen molar-refractivity contribution in [1.29, 1.82) is 0 Å². The van der Waals surface area contributed by atoms with Gasteiger partial charge in [-0.1, -0.05) is 72.8 Å². The highest BCUT2D eigenvalue weighted by atomic mass is 16.5. The van der Waals surface area contributed by atoms with Gasteiger partial charge in [0.25, 0.3) is 0 Å². The van der Waals surface area contributed by atoms with Crippen molar-refractivity contribution < 1.29 is 9.15 Å². The van der Waals surface area contributed by atoms with Crippen molar-refractivity contribution in [3.05, 3.63) is 120 Å². The summed E-state index contributed by atoms with van der Waals surface area (Å²) in [5, 5.41) is 6.58. The van der Waals surface area contributed by atoms with E-state index in [0.29, 0.717) is 17.4 Å². The molecule has 1 unspecified atom stereocenters. The lowest BCUT2D eigenvalue weighted by molar-refractivity contribution is 0.186. The summed E-state index contributed by atoms with van der Waals surface area (Å²) in [6, 6.07) is 35.9. The van der Waals surface area contributed by atoms with E-state index in [4.69, 9.17) is 19.1 Å². The molecule has 7 rings (SSSR count). The fourth-order valence-corrected chi connectivity index (χ4v) is 4.47. The van der Waals surface area contributed by atoms with E-state index in [0.717, 1.165) is 44.3 Å². The summed E-state index contributed by atoms with van der Waals surface area (Å²) < 4.78 is 12.3. The molecule has 0 bridgehead atoms. The van der Waals surface area contributed by atoms with Gasteiger partial charge in [-0.15, -0.1) is 5.10 Å². The van der Waals surface area contributed by atoms with Crippen molar-refractivity contribution in [2.45, 2.75) is 6.23 Å². The van der Waals surface area contributed by atoms with E-state index in [-0.39, 0.29) is 0 Å². The predicted octanol–water partition coefficient (Wildman–Crippen LogP) is 6.69. The maximum Gasteiger partial charge on any atom is 0.240 e. The molecule has 3 heterocycles. The summed E-state index contributed by atoms with van der Waals surface area (Å²) in [6.45, 7) is 0. The first kappa shape index (κ1) is 20.4. The molecule has 6 aromatic rings. The fraction of sp³-hybridized carbons (Fsp3) is 0.0333. The molecular formula is C30H20N4O2.